The van der Waals surface area contributed by atoms with Gasteiger partial charge in [0.15, 0.2) is 0 Å². The molecule has 11 aromatic rings. The highest BCUT2D eigenvalue weighted by molar-refractivity contribution is 6.32. The molecule has 0 spiro atoms. The lowest BCUT2D eigenvalue weighted by Gasteiger charge is -2.22. The maximum Gasteiger partial charge on any atom is -0.00139 e. The Kier molecular flexibility index (Phi) is 6.97. The van der Waals surface area contributed by atoms with Crippen LogP contribution >= 0.6 is 0 Å². The Balaban J connectivity index is 1.30. The van der Waals surface area contributed by atoms with Gasteiger partial charge in [0.05, 0.1) is 0 Å². The zero-order chi connectivity index (χ0) is 35.6. The second-order valence-electron chi connectivity index (χ2n) is 14.4. The average Bonchev–Trinajstić information content (AvgIpc) is 3.25. The van der Waals surface area contributed by atoms with Gasteiger partial charge in [-0.05, 0) is 134 Å². The van der Waals surface area contributed by atoms with E-state index in [9.17, 15) is 0 Å². The summed E-state index contributed by atoms with van der Waals surface area (Å²) in [6.45, 7) is 0. The molecule has 0 heteroatoms. The molecule has 0 saturated heterocycles. The third-order valence-corrected chi connectivity index (χ3v) is 11.4. The van der Waals surface area contributed by atoms with Crippen molar-refractivity contribution in [2.24, 2.45) is 0 Å². The van der Waals surface area contributed by atoms with Crippen molar-refractivity contribution in [2.75, 3.05) is 0 Å². The van der Waals surface area contributed by atoms with Gasteiger partial charge >= 0.3 is 0 Å². The summed E-state index contributed by atoms with van der Waals surface area (Å²) in [5, 5.41) is 12.7. The summed E-state index contributed by atoms with van der Waals surface area (Å²) >= 11 is 0. The highest BCUT2D eigenvalue weighted by Gasteiger charge is 2.22. The molecule has 0 aromatic heterocycles. The largest absolute Gasteiger partial charge is 0.0622 e. The Morgan fingerprint density at radius 2 is 0.556 bits per heavy atom. The highest BCUT2D eigenvalue weighted by atomic mass is 14.2. The quantitative estimate of drug-likeness (QED) is 0.159. The van der Waals surface area contributed by atoms with Crippen molar-refractivity contribution in [2.45, 2.75) is 0 Å². The molecule has 0 aliphatic heterocycles. The lowest BCUT2D eigenvalue weighted by molar-refractivity contribution is 1.60. The van der Waals surface area contributed by atoms with Crippen molar-refractivity contribution in [1.82, 2.24) is 0 Å². The molecular weight excluding hydrogens is 649 g/mol. The molecule has 0 N–H and O–H groups in total. The van der Waals surface area contributed by atoms with Crippen LogP contribution in [0.2, 0.25) is 0 Å². The van der Waals surface area contributed by atoms with Crippen molar-refractivity contribution >= 4 is 53.9 Å². The van der Waals surface area contributed by atoms with Crippen LogP contribution in [0.3, 0.4) is 0 Å². The van der Waals surface area contributed by atoms with E-state index in [-0.39, 0.29) is 0 Å². The number of hydrogen-bond donors (Lipinski definition) is 0. The second kappa shape index (κ2) is 12.3. The maximum absolute atomic E-state index is 2.45. The minimum absolute atomic E-state index is 1.22. The van der Waals surface area contributed by atoms with Gasteiger partial charge in [-0.3, -0.25) is 0 Å². The normalized spacial score (nSPS) is 11.7. The van der Waals surface area contributed by atoms with Gasteiger partial charge in [0, 0.05) is 0 Å². The molecule has 0 heterocycles. The minimum atomic E-state index is 1.22. The van der Waals surface area contributed by atoms with Crippen LogP contribution in [0, 0.1) is 0 Å². The first-order chi connectivity index (χ1) is 26.8. The summed E-state index contributed by atoms with van der Waals surface area (Å²) in [6, 6.07) is 76.2. The van der Waals surface area contributed by atoms with E-state index in [1.807, 2.05) is 0 Å². The summed E-state index contributed by atoms with van der Waals surface area (Å²) in [5.74, 6) is 0. The Hall–Kier alpha value is -7.02. The van der Waals surface area contributed by atoms with Gasteiger partial charge in [0.2, 0.25) is 0 Å². The molecule has 0 saturated carbocycles. The highest BCUT2D eigenvalue weighted by Crippen LogP contribution is 2.49. The lowest BCUT2D eigenvalue weighted by Crippen LogP contribution is -1.95. The Bertz CT molecular complexity index is 3190. The monoisotopic (exact) mass is 682 g/mol. The van der Waals surface area contributed by atoms with Gasteiger partial charge in [-0.25, -0.2) is 0 Å². The average molecular weight is 683 g/mol. The first-order valence-electron chi connectivity index (χ1n) is 18.8. The molecule has 0 aliphatic carbocycles. The topological polar surface area (TPSA) is 0 Å². The van der Waals surface area contributed by atoms with Gasteiger partial charge in [-0.1, -0.05) is 182 Å². The van der Waals surface area contributed by atoms with Gasteiger partial charge in [0.25, 0.3) is 0 Å². The summed E-state index contributed by atoms with van der Waals surface area (Å²) in [6.07, 6.45) is 0. The molecule has 250 valence electrons. The van der Waals surface area contributed by atoms with Crippen LogP contribution < -0.4 is 0 Å². The van der Waals surface area contributed by atoms with Gasteiger partial charge in [-0.2, -0.15) is 0 Å². The van der Waals surface area contributed by atoms with Crippen molar-refractivity contribution in [3.05, 3.63) is 206 Å². The summed E-state index contributed by atoms with van der Waals surface area (Å²) in [7, 11) is 0. The van der Waals surface area contributed by atoms with Crippen molar-refractivity contribution in [3.63, 3.8) is 0 Å². The van der Waals surface area contributed by atoms with E-state index in [4.69, 9.17) is 0 Å². The third-order valence-electron chi connectivity index (χ3n) is 11.4. The summed E-state index contributed by atoms with van der Waals surface area (Å²) in [4.78, 5) is 0. The summed E-state index contributed by atoms with van der Waals surface area (Å²) < 4.78 is 0. The minimum Gasteiger partial charge on any atom is -0.0622 e. The third kappa shape index (κ3) is 4.85. The molecule has 0 unspecified atom stereocenters. The molecule has 0 atom stereocenters. The van der Waals surface area contributed by atoms with Crippen LogP contribution in [-0.4, -0.2) is 0 Å². The van der Waals surface area contributed by atoms with E-state index >= 15 is 0 Å². The number of rotatable bonds is 5. The van der Waals surface area contributed by atoms with Crippen molar-refractivity contribution in [1.29, 1.82) is 0 Å². The maximum atomic E-state index is 2.45. The van der Waals surface area contributed by atoms with E-state index < -0.39 is 0 Å². The van der Waals surface area contributed by atoms with Gasteiger partial charge < -0.3 is 0 Å². The van der Waals surface area contributed by atoms with Crippen molar-refractivity contribution < 1.29 is 0 Å². The molecule has 0 nitrogen and oxygen atoms in total. The Labute approximate surface area is 314 Å². The Morgan fingerprint density at radius 3 is 1.07 bits per heavy atom. The molecule has 0 fully saturated rings. The fourth-order valence-electron chi connectivity index (χ4n) is 8.85. The molecule has 11 aromatic carbocycles. The lowest BCUT2D eigenvalue weighted by atomic mass is 9.81. The van der Waals surface area contributed by atoms with Crippen LogP contribution in [0.15, 0.2) is 206 Å². The summed E-state index contributed by atoms with van der Waals surface area (Å²) in [5.41, 5.74) is 12.4. The predicted molar refractivity (Wildman–Crippen MR) is 232 cm³/mol. The number of hydrogen-bond acceptors (Lipinski definition) is 0. The SMILES string of the molecule is c1ccc(-c2ccccc2-c2cc(-c3ccc4ccccc4c3)c3ccc4c(-c5ccccc5)cc(-c5ccc6ccccc6c5)c5ccc2c3c45)cc1. The van der Waals surface area contributed by atoms with Gasteiger partial charge in [0.1, 0.15) is 0 Å². The number of benzene rings is 11. The fourth-order valence-corrected chi connectivity index (χ4v) is 8.85. The molecule has 54 heavy (non-hydrogen) atoms. The number of fused-ring (bicyclic) bond motifs is 2. The van der Waals surface area contributed by atoms with Crippen LogP contribution in [0.25, 0.3) is 109 Å². The molecule has 0 radical (unpaired) electrons. The first kappa shape index (κ1) is 30.6. The van der Waals surface area contributed by atoms with E-state index in [0.717, 1.165) is 0 Å². The first-order valence-corrected chi connectivity index (χ1v) is 18.8. The zero-order valence-corrected chi connectivity index (χ0v) is 29.6. The van der Waals surface area contributed by atoms with Crippen LogP contribution in [-0.2, 0) is 0 Å². The Morgan fingerprint density at radius 1 is 0.185 bits per heavy atom. The molecule has 0 bridgehead atoms. The predicted octanol–water partition coefficient (Wildman–Crippen LogP) is 15.2. The van der Waals surface area contributed by atoms with Crippen LogP contribution in [0.1, 0.15) is 0 Å². The van der Waals surface area contributed by atoms with Crippen molar-refractivity contribution in [3.8, 4) is 55.6 Å². The molecule has 0 aliphatic rings. The molecule has 11 rings (SSSR count). The standard InChI is InChI=1S/C54H34/c1-3-15-37(16-4-1)43-21-11-12-22-44(43)52-34-51(42-26-24-36-14-8-10-20-40(36)32-42)47-28-27-45-49(38-17-5-2-6-18-38)33-50(46-29-30-48(52)54(47)53(45)46)41-25-23-35-13-7-9-19-39(35)31-41/h1-34H. The smallest absolute Gasteiger partial charge is 0.00139 e. The molecular formula is C54H34. The van der Waals surface area contributed by atoms with E-state index in [2.05, 4.69) is 206 Å². The fraction of sp³-hybridized carbons (Fsp3) is 0. The second-order valence-corrected chi connectivity index (χ2v) is 14.4. The van der Waals surface area contributed by atoms with Crippen LogP contribution in [0.5, 0.6) is 0 Å². The van der Waals surface area contributed by atoms with E-state index in [1.54, 1.807) is 0 Å². The zero-order valence-electron chi connectivity index (χ0n) is 29.6. The van der Waals surface area contributed by atoms with Gasteiger partial charge in [-0.15, -0.1) is 0 Å². The van der Waals surface area contributed by atoms with Crippen LogP contribution in [0.4, 0.5) is 0 Å². The van der Waals surface area contributed by atoms with E-state index in [0.29, 0.717) is 0 Å². The molecule has 0 amide bonds. The van der Waals surface area contributed by atoms with E-state index in [1.165, 1.54) is 109 Å².